The summed E-state index contributed by atoms with van der Waals surface area (Å²) in [5, 5.41) is 0.936. The molecule has 126 valence electrons. The first-order valence-corrected chi connectivity index (χ1v) is 8.29. The van der Waals surface area contributed by atoms with Crippen molar-refractivity contribution in [1.82, 2.24) is 4.90 Å². The minimum Gasteiger partial charge on any atom is -0.477 e. The third kappa shape index (κ3) is 2.75. The molecule has 4 heteroatoms. The Hall–Kier alpha value is -2.85. The van der Waals surface area contributed by atoms with Crippen LogP contribution < -0.4 is 10.4 Å². The van der Waals surface area contributed by atoms with Gasteiger partial charge in [-0.3, -0.25) is 4.90 Å². The SMILES string of the molecule is C=CCN1COc2c(cc3c(-c4ccccc4)cc(=O)oc3c2C)C1. The summed E-state index contributed by atoms with van der Waals surface area (Å²) in [4.78, 5) is 14.3. The lowest BCUT2D eigenvalue weighted by atomic mass is 9.97. The first-order valence-electron chi connectivity index (χ1n) is 8.29. The van der Waals surface area contributed by atoms with Gasteiger partial charge in [0.25, 0.3) is 0 Å². The van der Waals surface area contributed by atoms with Crippen LogP contribution in [0.25, 0.3) is 22.1 Å². The smallest absolute Gasteiger partial charge is 0.336 e. The molecule has 0 saturated heterocycles. The predicted octanol–water partition coefficient (Wildman–Crippen LogP) is 4.11. The van der Waals surface area contributed by atoms with Gasteiger partial charge in [0.05, 0.1) is 0 Å². The number of hydrogen-bond donors (Lipinski definition) is 0. The number of benzene rings is 2. The summed E-state index contributed by atoms with van der Waals surface area (Å²) in [6.07, 6.45) is 1.87. The predicted molar refractivity (Wildman–Crippen MR) is 98.8 cm³/mol. The normalized spacial score (nSPS) is 14.1. The number of fused-ring (bicyclic) bond motifs is 2. The second-order valence-corrected chi connectivity index (χ2v) is 6.29. The van der Waals surface area contributed by atoms with E-state index in [9.17, 15) is 4.79 Å². The average molecular weight is 333 g/mol. The summed E-state index contributed by atoms with van der Waals surface area (Å²) < 4.78 is 11.5. The van der Waals surface area contributed by atoms with E-state index in [1.54, 1.807) is 6.07 Å². The van der Waals surface area contributed by atoms with E-state index in [0.717, 1.165) is 46.5 Å². The van der Waals surface area contributed by atoms with Crippen molar-refractivity contribution < 1.29 is 9.15 Å². The van der Waals surface area contributed by atoms with Gasteiger partial charge in [-0.15, -0.1) is 6.58 Å². The molecule has 0 aliphatic carbocycles. The Kier molecular flexibility index (Phi) is 3.90. The highest BCUT2D eigenvalue weighted by atomic mass is 16.5. The van der Waals surface area contributed by atoms with Crippen molar-refractivity contribution in [2.24, 2.45) is 0 Å². The lowest BCUT2D eigenvalue weighted by Gasteiger charge is -2.29. The number of nitrogens with zero attached hydrogens (tertiary/aromatic N) is 1. The Morgan fingerprint density at radius 3 is 2.80 bits per heavy atom. The van der Waals surface area contributed by atoms with Crippen molar-refractivity contribution in [3.63, 3.8) is 0 Å². The Morgan fingerprint density at radius 1 is 1.24 bits per heavy atom. The first kappa shape index (κ1) is 15.7. The molecule has 0 N–H and O–H groups in total. The van der Waals surface area contributed by atoms with Gasteiger partial charge in [-0.05, 0) is 24.1 Å². The highest BCUT2D eigenvalue weighted by molar-refractivity contribution is 5.96. The fourth-order valence-electron chi connectivity index (χ4n) is 3.43. The van der Waals surface area contributed by atoms with E-state index in [1.165, 1.54) is 0 Å². The molecule has 1 aliphatic rings. The van der Waals surface area contributed by atoms with Crippen molar-refractivity contribution in [3.8, 4) is 16.9 Å². The van der Waals surface area contributed by atoms with E-state index >= 15 is 0 Å². The monoisotopic (exact) mass is 333 g/mol. The van der Waals surface area contributed by atoms with E-state index in [-0.39, 0.29) is 5.63 Å². The minimum atomic E-state index is -0.349. The molecular weight excluding hydrogens is 314 g/mol. The Bertz CT molecular complexity index is 1010. The van der Waals surface area contributed by atoms with Gasteiger partial charge in [0.1, 0.15) is 18.1 Å². The van der Waals surface area contributed by atoms with Gasteiger partial charge in [-0.25, -0.2) is 4.79 Å². The molecule has 0 amide bonds. The zero-order valence-electron chi connectivity index (χ0n) is 14.1. The van der Waals surface area contributed by atoms with Gasteiger partial charge in [0.15, 0.2) is 0 Å². The third-order valence-electron chi connectivity index (χ3n) is 4.55. The van der Waals surface area contributed by atoms with Gasteiger partial charge in [-0.1, -0.05) is 36.4 Å². The quantitative estimate of drug-likeness (QED) is 0.534. The Balaban J connectivity index is 1.96. The molecule has 0 spiro atoms. The van der Waals surface area contributed by atoms with Gasteiger partial charge < -0.3 is 9.15 Å². The molecular formula is C21H19NO3. The van der Waals surface area contributed by atoms with Crippen molar-refractivity contribution in [2.75, 3.05) is 13.3 Å². The number of rotatable bonds is 3. The van der Waals surface area contributed by atoms with E-state index in [4.69, 9.17) is 9.15 Å². The Labute approximate surface area is 146 Å². The fraction of sp³-hybridized carbons (Fsp3) is 0.190. The molecule has 2 aromatic carbocycles. The fourth-order valence-corrected chi connectivity index (χ4v) is 3.43. The van der Waals surface area contributed by atoms with Crippen molar-refractivity contribution in [2.45, 2.75) is 13.5 Å². The molecule has 0 atom stereocenters. The van der Waals surface area contributed by atoms with Crippen LogP contribution in [0, 0.1) is 6.92 Å². The van der Waals surface area contributed by atoms with Gasteiger partial charge in [0, 0.05) is 35.7 Å². The second kappa shape index (κ2) is 6.22. The highest BCUT2D eigenvalue weighted by Crippen LogP contribution is 2.38. The molecule has 0 bridgehead atoms. The maximum absolute atomic E-state index is 12.1. The highest BCUT2D eigenvalue weighted by Gasteiger charge is 2.22. The minimum absolute atomic E-state index is 0.349. The second-order valence-electron chi connectivity index (χ2n) is 6.29. The van der Waals surface area contributed by atoms with Crippen LogP contribution in [-0.4, -0.2) is 18.2 Å². The molecule has 0 unspecified atom stereocenters. The van der Waals surface area contributed by atoms with Crippen molar-refractivity contribution in [3.05, 3.63) is 76.7 Å². The van der Waals surface area contributed by atoms with E-state index in [2.05, 4.69) is 17.5 Å². The lowest BCUT2D eigenvalue weighted by Crippen LogP contribution is -2.32. The van der Waals surface area contributed by atoms with Gasteiger partial charge >= 0.3 is 5.63 Å². The summed E-state index contributed by atoms with van der Waals surface area (Å²) in [7, 11) is 0. The van der Waals surface area contributed by atoms with Crippen LogP contribution in [0.3, 0.4) is 0 Å². The van der Waals surface area contributed by atoms with Gasteiger partial charge in [-0.2, -0.15) is 0 Å². The molecule has 1 aliphatic heterocycles. The zero-order chi connectivity index (χ0) is 17.4. The van der Waals surface area contributed by atoms with Crippen molar-refractivity contribution in [1.29, 1.82) is 0 Å². The maximum atomic E-state index is 12.1. The average Bonchev–Trinajstić information content (AvgIpc) is 2.63. The van der Waals surface area contributed by atoms with Crippen LogP contribution in [0.2, 0.25) is 0 Å². The molecule has 0 radical (unpaired) electrons. The molecule has 2 heterocycles. The number of ether oxygens (including phenoxy) is 1. The third-order valence-corrected chi connectivity index (χ3v) is 4.55. The topological polar surface area (TPSA) is 42.7 Å². The van der Waals surface area contributed by atoms with E-state index in [0.29, 0.717) is 12.3 Å². The van der Waals surface area contributed by atoms with Crippen LogP contribution >= 0.6 is 0 Å². The first-order chi connectivity index (χ1) is 12.2. The summed E-state index contributed by atoms with van der Waals surface area (Å²) in [6, 6.07) is 13.6. The zero-order valence-corrected chi connectivity index (χ0v) is 14.1. The molecule has 4 nitrogen and oxygen atoms in total. The molecule has 0 fully saturated rings. The van der Waals surface area contributed by atoms with E-state index < -0.39 is 0 Å². The molecule has 4 rings (SSSR count). The summed E-state index contributed by atoms with van der Waals surface area (Å²) in [5.74, 6) is 0.821. The Morgan fingerprint density at radius 2 is 2.04 bits per heavy atom. The summed E-state index contributed by atoms with van der Waals surface area (Å²) in [5.41, 5.74) is 4.11. The number of aryl methyl sites for hydroxylation is 1. The van der Waals surface area contributed by atoms with Crippen LogP contribution in [0.5, 0.6) is 5.75 Å². The largest absolute Gasteiger partial charge is 0.477 e. The standard InChI is InChI=1S/C21H19NO3/c1-3-9-22-12-16-10-18-17(15-7-5-4-6-8-15)11-19(23)25-21(18)14(2)20(16)24-13-22/h3-8,10-11H,1,9,12-13H2,2H3. The van der Waals surface area contributed by atoms with Gasteiger partial charge in [0.2, 0.25) is 0 Å². The van der Waals surface area contributed by atoms with Crippen LogP contribution in [-0.2, 0) is 6.54 Å². The molecule has 3 aromatic rings. The molecule has 25 heavy (non-hydrogen) atoms. The molecule has 0 saturated carbocycles. The van der Waals surface area contributed by atoms with E-state index in [1.807, 2.05) is 43.3 Å². The van der Waals surface area contributed by atoms with Crippen LogP contribution in [0.15, 0.2) is 64.3 Å². The lowest BCUT2D eigenvalue weighted by molar-refractivity contribution is 0.106. The number of hydrogen-bond acceptors (Lipinski definition) is 4. The van der Waals surface area contributed by atoms with Crippen LogP contribution in [0.1, 0.15) is 11.1 Å². The molecule has 1 aromatic heterocycles. The summed E-state index contributed by atoms with van der Waals surface area (Å²) >= 11 is 0. The van der Waals surface area contributed by atoms with Crippen molar-refractivity contribution >= 4 is 11.0 Å². The maximum Gasteiger partial charge on any atom is 0.336 e. The van der Waals surface area contributed by atoms with Crippen LogP contribution in [0.4, 0.5) is 0 Å². The summed E-state index contributed by atoms with van der Waals surface area (Å²) in [6.45, 7) is 7.80.